The van der Waals surface area contributed by atoms with Crippen LogP contribution >= 0.6 is 23.5 Å². The van der Waals surface area contributed by atoms with E-state index in [-0.39, 0.29) is 11.9 Å². The van der Waals surface area contributed by atoms with Gasteiger partial charge in [0.05, 0.1) is 5.75 Å². The minimum atomic E-state index is 0.126. The van der Waals surface area contributed by atoms with Gasteiger partial charge in [-0.15, -0.1) is 23.5 Å². The fourth-order valence-electron chi connectivity index (χ4n) is 2.40. The Morgan fingerprint density at radius 3 is 2.42 bits per heavy atom. The van der Waals surface area contributed by atoms with Crippen LogP contribution in [-0.2, 0) is 17.0 Å². The monoisotopic (exact) mass is 359 g/mol. The van der Waals surface area contributed by atoms with E-state index in [2.05, 4.69) is 67.0 Å². The van der Waals surface area contributed by atoms with Gasteiger partial charge < -0.3 is 5.32 Å². The Morgan fingerprint density at radius 1 is 1.04 bits per heavy atom. The highest BCUT2D eigenvalue weighted by Gasteiger charge is 2.08. The van der Waals surface area contributed by atoms with Crippen molar-refractivity contribution < 1.29 is 4.79 Å². The van der Waals surface area contributed by atoms with Gasteiger partial charge in [-0.1, -0.05) is 42.5 Å². The van der Waals surface area contributed by atoms with Gasteiger partial charge in [-0.05, 0) is 49.3 Å². The van der Waals surface area contributed by atoms with Crippen molar-refractivity contribution in [3.05, 3.63) is 65.7 Å². The lowest BCUT2D eigenvalue weighted by atomic mass is 10.1. The molecule has 0 aliphatic carbocycles. The summed E-state index contributed by atoms with van der Waals surface area (Å²) in [5, 5.41) is 3.09. The van der Waals surface area contributed by atoms with Crippen molar-refractivity contribution >= 4 is 29.4 Å². The third-order valence-electron chi connectivity index (χ3n) is 3.78. The highest BCUT2D eigenvalue weighted by atomic mass is 32.2. The normalized spacial score (nSPS) is 11.9. The molecule has 0 unspecified atom stereocenters. The predicted octanol–water partition coefficient (Wildman–Crippen LogP) is 4.78. The Morgan fingerprint density at radius 2 is 1.75 bits per heavy atom. The Labute approximate surface area is 153 Å². The van der Waals surface area contributed by atoms with Crippen LogP contribution in [0.1, 0.15) is 24.5 Å². The second-order valence-electron chi connectivity index (χ2n) is 5.83. The number of hydrogen-bond acceptors (Lipinski definition) is 3. The largest absolute Gasteiger partial charge is 0.353 e. The molecule has 2 nitrogen and oxygen atoms in total. The molecular weight excluding hydrogens is 334 g/mol. The first-order chi connectivity index (χ1) is 11.7. The zero-order valence-electron chi connectivity index (χ0n) is 14.3. The lowest BCUT2D eigenvalue weighted by Gasteiger charge is -2.13. The number of amides is 1. The number of nitrogens with one attached hydrogen (secondary N) is 1. The van der Waals surface area contributed by atoms with Crippen molar-refractivity contribution in [3.8, 4) is 0 Å². The Kier molecular flexibility index (Phi) is 8.26. The van der Waals surface area contributed by atoms with Gasteiger partial charge in [0.25, 0.3) is 0 Å². The molecule has 0 aliphatic rings. The number of benzene rings is 2. The molecular formula is C20H25NOS2. The van der Waals surface area contributed by atoms with Crippen LogP contribution in [-0.4, -0.2) is 24.0 Å². The maximum absolute atomic E-state index is 12.0. The van der Waals surface area contributed by atoms with Crippen LogP contribution in [0.3, 0.4) is 0 Å². The fraction of sp³-hybridized carbons (Fsp3) is 0.350. The van der Waals surface area contributed by atoms with Crippen LogP contribution in [0.25, 0.3) is 0 Å². The van der Waals surface area contributed by atoms with Crippen LogP contribution in [0, 0.1) is 0 Å². The maximum atomic E-state index is 12.0. The number of thioether (sulfide) groups is 2. The van der Waals surface area contributed by atoms with Crippen LogP contribution < -0.4 is 5.32 Å². The molecule has 2 rings (SSSR count). The third-order valence-corrected chi connectivity index (χ3v) is 5.52. The maximum Gasteiger partial charge on any atom is 0.230 e. The number of carbonyl (C=O) groups is 1. The molecule has 0 fully saturated rings. The number of hydrogen-bond donors (Lipinski definition) is 1. The van der Waals surface area contributed by atoms with Crippen molar-refractivity contribution in [2.45, 2.75) is 36.5 Å². The quantitative estimate of drug-likeness (QED) is 0.653. The summed E-state index contributed by atoms with van der Waals surface area (Å²) in [6.45, 7) is 2.08. The van der Waals surface area contributed by atoms with Gasteiger partial charge in [0.1, 0.15) is 0 Å². The van der Waals surface area contributed by atoms with Crippen molar-refractivity contribution in [1.82, 2.24) is 5.32 Å². The van der Waals surface area contributed by atoms with Crippen LogP contribution in [0.15, 0.2) is 59.5 Å². The van der Waals surface area contributed by atoms with E-state index in [1.807, 2.05) is 6.07 Å². The Hall–Kier alpha value is -1.39. The zero-order valence-corrected chi connectivity index (χ0v) is 16.0. The molecule has 0 aliphatic heterocycles. The average Bonchev–Trinajstić information content (AvgIpc) is 2.61. The summed E-state index contributed by atoms with van der Waals surface area (Å²) >= 11 is 3.41. The summed E-state index contributed by atoms with van der Waals surface area (Å²) in [5.41, 5.74) is 2.59. The summed E-state index contributed by atoms with van der Waals surface area (Å²) < 4.78 is 0. The van der Waals surface area contributed by atoms with Crippen LogP contribution in [0.2, 0.25) is 0 Å². The minimum Gasteiger partial charge on any atom is -0.353 e. The fourth-order valence-corrected chi connectivity index (χ4v) is 3.61. The molecule has 1 atom stereocenters. The van der Waals surface area contributed by atoms with E-state index in [9.17, 15) is 4.79 Å². The van der Waals surface area contributed by atoms with Gasteiger partial charge in [0.15, 0.2) is 0 Å². The highest BCUT2D eigenvalue weighted by Crippen LogP contribution is 2.18. The second-order valence-corrected chi connectivity index (χ2v) is 7.70. The smallest absolute Gasteiger partial charge is 0.230 e. The summed E-state index contributed by atoms with van der Waals surface area (Å²) in [6, 6.07) is 19.2. The Bertz CT molecular complexity index is 613. The first-order valence-electron chi connectivity index (χ1n) is 8.21. The molecule has 0 radical (unpaired) electrons. The van der Waals surface area contributed by atoms with E-state index in [4.69, 9.17) is 0 Å². The van der Waals surface area contributed by atoms with Gasteiger partial charge >= 0.3 is 0 Å². The first kappa shape index (κ1) is 18.9. The minimum absolute atomic E-state index is 0.126. The van der Waals surface area contributed by atoms with Gasteiger partial charge in [0, 0.05) is 16.7 Å². The van der Waals surface area contributed by atoms with E-state index < -0.39 is 0 Å². The van der Waals surface area contributed by atoms with E-state index >= 15 is 0 Å². The molecule has 0 saturated carbocycles. The van der Waals surface area contributed by atoms with Gasteiger partial charge in [-0.2, -0.15) is 0 Å². The van der Waals surface area contributed by atoms with E-state index in [1.165, 1.54) is 16.0 Å². The standard InChI is InChI=1S/C20H25NOS2/c1-16(8-9-17-6-4-3-5-7-17)21-20(22)15-24-14-18-10-12-19(23-2)13-11-18/h3-7,10-13,16H,8-9,14-15H2,1-2H3,(H,21,22)/t16-/m1/s1. The van der Waals surface area contributed by atoms with E-state index in [1.54, 1.807) is 23.5 Å². The molecule has 4 heteroatoms. The molecule has 24 heavy (non-hydrogen) atoms. The van der Waals surface area contributed by atoms with Gasteiger partial charge in [0.2, 0.25) is 5.91 Å². The molecule has 1 amide bonds. The number of carbonyl (C=O) groups excluding carboxylic acids is 1. The van der Waals surface area contributed by atoms with Crippen molar-refractivity contribution in [1.29, 1.82) is 0 Å². The van der Waals surface area contributed by atoms with Gasteiger partial charge in [-0.3, -0.25) is 4.79 Å². The van der Waals surface area contributed by atoms with Crippen LogP contribution in [0.4, 0.5) is 0 Å². The Balaban J connectivity index is 1.63. The molecule has 1 N–H and O–H groups in total. The van der Waals surface area contributed by atoms with Crippen molar-refractivity contribution in [3.63, 3.8) is 0 Å². The lowest BCUT2D eigenvalue weighted by molar-refractivity contribution is -0.119. The third kappa shape index (κ3) is 7.02. The molecule has 0 heterocycles. The van der Waals surface area contributed by atoms with Crippen molar-refractivity contribution in [2.24, 2.45) is 0 Å². The van der Waals surface area contributed by atoms with E-state index in [0.29, 0.717) is 5.75 Å². The average molecular weight is 360 g/mol. The number of aryl methyl sites for hydroxylation is 1. The molecule has 128 valence electrons. The second kappa shape index (κ2) is 10.5. The molecule has 2 aromatic rings. The summed E-state index contributed by atoms with van der Waals surface area (Å²) in [5.74, 6) is 1.52. The molecule has 0 saturated heterocycles. The SMILES string of the molecule is CSc1ccc(CSCC(=O)N[C@H](C)CCc2ccccc2)cc1. The summed E-state index contributed by atoms with van der Waals surface area (Å²) in [4.78, 5) is 13.3. The topological polar surface area (TPSA) is 29.1 Å². The van der Waals surface area contributed by atoms with Crippen LogP contribution in [0.5, 0.6) is 0 Å². The molecule has 0 spiro atoms. The molecule has 2 aromatic carbocycles. The highest BCUT2D eigenvalue weighted by molar-refractivity contribution is 7.99. The zero-order chi connectivity index (χ0) is 17.2. The molecule has 0 bridgehead atoms. The number of rotatable bonds is 9. The first-order valence-corrected chi connectivity index (χ1v) is 10.6. The lowest BCUT2D eigenvalue weighted by Crippen LogP contribution is -2.34. The summed E-state index contributed by atoms with van der Waals surface area (Å²) in [7, 11) is 0. The molecule has 0 aromatic heterocycles. The summed E-state index contributed by atoms with van der Waals surface area (Å²) in [6.07, 6.45) is 4.04. The predicted molar refractivity (Wildman–Crippen MR) is 107 cm³/mol. The van der Waals surface area contributed by atoms with Crippen molar-refractivity contribution in [2.75, 3.05) is 12.0 Å². The van der Waals surface area contributed by atoms with E-state index in [0.717, 1.165) is 18.6 Å². The van der Waals surface area contributed by atoms with Gasteiger partial charge in [-0.25, -0.2) is 0 Å².